The summed E-state index contributed by atoms with van der Waals surface area (Å²) in [6.45, 7) is 8.08. The Bertz CT molecular complexity index is 485. The van der Waals surface area contributed by atoms with E-state index in [2.05, 4.69) is 18.7 Å². The van der Waals surface area contributed by atoms with Crippen LogP contribution in [-0.4, -0.2) is 42.8 Å². The van der Waals surface area contributed by atoms with Crippen molar-refractivity contribution in [3.63, 3.8) is 0 Å². The lowest BCUT2D eigenvalue weighted by atomic mass is 9.87. The second kappa shape index (κ2) is 5.93. The molecule has 0 N–H and O–H groups in total. The van der Waals surface area contributed by atoms with Crippen molar-refractivity contribution in [1.29, 1.82) is 0 Å². The number of para-hydroxylation sites is 1. The van der Waals surface area contributed by atoms with Gasteiger partial charge in [-0.1, -0.05) is 12.1 Å². The number of halogens is 1. The van der Waals surface area contributed by atoms with Crippen LogP contribution in [0.25, 0.3) is 0 Å². The van der Waals surface area contributed by atoms with Gasteiger partial charge in [0, 0.05) is 26.2 Å². The molecule has 21 heavy (non-hydrogen) atoms. The summed E-state index contributed by atoms with van der Waals surface area (Å²) >= 11 is 0. The van der Waals surface area contributed by atoms with E-state index in [4.69, 9.17) is 9.47 Å². The maximum absolute atomic E-state index is 13.5. The van der Waals surface area contributed by atoms with Crippen molar-refractivity contribution in [2.24, 2.45) is 5.92 Å². The maximum atomic E-state index is 13.5. The van der Waals surface area contributed by atoms with E-state index in [1.165, 1.54) is 6.07 Å². The van der Waals surface area contributed by atoms with E-state index in [1.807, 2.05) is 0 Å². The first-order valence-corrected chi connectivity index (χ1v) is 7.79. The quantitative estimate of drug-likeness (QED) is 0.851. The summed E-state index contributed by atoms with van der Waals surface area (Å²) in [5.74, 6) is 0.791. The summed E-state index contributed by atoms with van der Waals surface area (Å²) < 4.78 is 25.0. The zero-order valence-corrected chi connectivity index (χ0v) is 12.8. The lowest BCUT2D eigenvalue weighted by Gasteiger charge is -2.43. The molecule has 2 fully saturated rings. The molecule has 0 bridgehead atoms. The van der Waals surface area contributed by atoms with E-state index in [9.17, 15) is 4.39 Å². The molecule has 0 aromatic heterocycles. The Labute approximate surface area is 126 Å². The second-order valence-corrected chi connectivity index (χ2v) is 6.86. The Morgan fingerprint density at radius 1 is 1.33 bits per heavy atom. The molecule has 0 spiro atoms. The number of rotatable bonds is 4. The Morgan fingerprint density at radius 3 is 2.81 bits per heavy atom. The van der Waals surface area contributed by atoms with Gasteiger partial charge < -0.3 is 9.47 Å². The van der Waals surface area contributed by atoms with Crippen LogP contribution >= 0.6 is 0 Å². The minimum Gasteiger partial charge on any atom is -0.485 e. The fraction of sp³-hybridized carbons (Fsp3) is 0.647. The van der Waals surface area contributed by atoms with Gasteiger partial charge in [0.2, 0.25) is 0 Å². The molecule has 2 aliphatic rings. The Morgan fingerprint density at radius 2 is 2.10 bits per heavy atom. The molecule has 0 aliphatic carbocycles. The van der Waals surface area contributed by atoms with E-state index >= 15 is 0 Å². The van der Waals surface area contributed by atoms with Crippen molar-refractivity contribution < 1.29 is 13.9 Å². The van der Waals surface area contributed by atoms with Gasteiger partial charge in [-0.15, -0.1) is 0 Å². The van der Waals surface area contributed by atoms with Gasteiger partial charge in [-0.2, -0.15) is 0 Å². The third kappa shape index (κ3) is 3.74. The number of hydrogen-bond donors (Lipinski definition) is 0. The first-order valence-electron chi connectivity index (χ1n) is 7.79. The zero-order chi connectivity index (χ0) is 14.9. The minimum absolute atomic E-state index is 0.0108. The van der Waals surface area contributed by atoms with Crippen molar-refractivity contribution in [2.45, 2.75) is 38.4 Å². The van der Waals surface area contributed by atoms with Crippen molar-refractivity contribution >= 4 is 0 Å². The van der Waals surface area contributed by atoms with Crippen molar-refractivity contribution in [3.8, 4) is 5.75 Å². The van der Waals surface area contributed by atoms with Crippen molar-refractivity contribution in [3.05, 3.63) is 30.1 Å². The zero-order valence-electron chi connectivity index (χ0n) is 12.8. The first-order chi connectivity index (χ1) is 10.0. The summed E-state index contributed by atoms with van der Waals surface area (Å²) in [4.78, 5) is 2.40. The van der Waals surface area contributed by atoms with Crippen LogP contribution < -0.4 is 4.74 Å². The molecule has 4 heteroatoms. The van der Waals surface area contributed by atoms with E-state index < -0.39 is 0 Å². The Kier molecular flexibility index (Phi) is 4.18. The smallest absolute Gasteiger partial charge is 0.165 e. The van der Waals surface area contributed by atoms with Gasteiger partial charge in [0.15, 0.2) is 11.6 Å². The van der Waals surface area contributed by atoms with Crippen LogP contribution in [0.3, 0.4) is 0 Å². The molecule has 1 atom stereocenters. The van der Waals surface area contributed by atoms with Gasteiger partial charge in [-0.3, -0.25) is 4.90 Å². The van der Waals surface area contributed by atoms with E-state index in [-0.39, 0.29) is 17.5 Å². The summed E-state index contributed by atoms with van der Waals surface area (Å²) in [6, 6.07) is 6.62. The topological polar surface area (TPSA) is 21.7 Å². The minimum atomic E-state index is -0.276. The summed E-state index contributed by atoms with van der Waals surface area (Å²) in [6.07, 6.45) is 2.37. The fourth-order valence-electron chi connectivity index (χ4n) is 3.35. The van der Waals surface area contributed by atoms with Gasteiger partial charge in [0.25, 0.3) is 0 Å². The van der Waals surface area contributed by atoms with Crippen LogP contribution in [0.4, 0.5) is 4.39 Å². The first kappa shape index (κ1) is 14.8. The van der Waals surface area contributed by atoms with Crippen LogP contribution in [0, 0.1) is 11.7 Å². The summed E-state index contributed by atoms with van der Waals surface area (Å²) in [5.41, 5.74) is 0.0108. The average molecular weight is 293 g/mol. The molecular formula is C17H24FNO2. The largest absolute Gasteiger partial charge is 0.485 e. The standard InChI is InChI=1S/C17H24FNO2/c1-17(2)9-13(7-8-20-17)10-19-11-14(12-19)21-16-6-4-3-5-15(16)18/h3-6,13-14H,7-12H2,1-2H3/t13-/m1/s1. The molecule has 2 aliphatic heterocycles. The highest BCUT2D eigenvalue weighted by molar-refractivity contribution is 5.24. The normalized spacial score (nSPS) is 26.3. The van der Waals surface area contributed by atoms with Gasteiger partial charge in [0.1, 0.15) is 6.10 Å². The van der Waals surface area contributed by atoms with Crippen LogP contribution in [0.5, 0.6) is 5.75 Å². The third-order valence-corrected chi connectivity index (χ3v) is 4.37. The number of benzene rings is 1. The molecule has 3 nitrogen and oxygen atoms in total. The van der Waals surface area contributed by atoms with Crippen molar-refractivity contribution in [1.82, 2.24) is 4.90 Å². The predicted molar refractivity (Wildman–Crippen MR) is 80.0 cm³/mol. The monoisotopic (exact) mass is 293 g/mol. The third-order valence-electron chi connectivity index (χ3n) is 4.37. The van der Waals surface area contributed by atoms with Crippen LogP contribution in [-0.2, 0) is 4.74 Å². The molecule has 116 valence electrons. The summed E-state index contributed by atoms with van der Waals surface area (Å²) in [7, 11) is 0. The van der Waals surface area contributed by atoms with Gasteiger partial charge in [-0.25, -0.2) is 4.39 Å². The van der Waals surface area contributed by atoms with E-state index in [1.54, 1.807) is 18.2 Å². The molecule has 0 radical (unpaired) electrons. The lowest BCUT2D eigenvalue weighted by Crippen LogP contribution is -2.55. The highest BCUT2D eigenvalue weighted by Gasteiger charge is 2.34. The van der Waals surface area contributed by atoms with Crippen LogP contribution in [0.1, 0.15) is 26.7 Å². The Balaban J connectivity index is 1.43. The van der Waals surface area contributed by atoms with Gasteiger partial charge >= 0.3 is 0 Å². The molecule has 3 rings (SSSR count). The van der Waals surface area contributed by atoms with Gasteiger partial charge in [0.05, 0.1) is 5.60 Å². The molecule has 0 amide bonds. The average Bonchev–Trinajstić information content (AvgIpc) is 2.37. The highest BCUT2D eigenvalue weighted by atomic mass is 19.1. The fourth-order valence-corrected chi connectivity index (χ4v) is 3.35. The van der Waals surface area contributed by atoms with E-state index in [0.717, 1.165) is 39.1 Å². The number of likely N-dealkylation sites (tertiary alicyclic amines) is 1. The molecule has 2 heterocycles. The molecule has 0 saturated carbocycles. The Hall–Kier alpha value is -1.13. The number of ether oxygens (including phenoxy) is 2. The van der Waals surface area contributed by atoms with Crippen molar-refractivity contribution in [2.75, 3.05) is 26.2 Å². The van der Waals surface area contributed by atoms with Crippen LogP contribution in [0.2, 0.25) is 0 Å². The summed E-state index contributed by atoms with van der Waals surface area (Å²) in [5, 5.41) is 0. The number of hydrogen-bond acceptors (Lipinski definition) is 3. The van der Waals surface area contributed by atoms with Crippen LogP contribution in [0.15, 0.2) is 24.3 Å². The number of nitrogens with zero attached hydrogens (tertiary/aromatic N) is 1. The van der Waals surface area contributed by atoms with Gasteiger partial charge in [-0.05, 0) is 44.7 Å². The predicted octanol–water partition coefficient (Wildman–Crippen LogP) is 3.09. The lowest BCUT2D eigenvalue weighted by molar-refractivity contribution is -0.0851. The maximum Gasteiger partial charge on any atom is 0.165 e. The SMILES string of the molecule is CC1(C)C[C@H](CN2CC(Oc3ccccc3F)C2)CCO1. The molecule has 2 saturated heterocycles. The molecule has 1 aromatic carbocycles. The van der Waals surface area contributed by atoms with E-state index in [0.29, 0.717) is 11.7 Å². The molecular weight excluding hydrogens is 269 g/mol. The molecule has 1 aromatic rings. The molecule has 0 unspecified atom stereocenters. The second-order valence-electron chi connectivity index (χ2n) is 6.86. The highest BCUT2D eigenvalue weighted by Crippen LogP contribution is 2.30.